The summed E-state index contributed by atoms with van der Waals surface area (Å²) in [7, 11) is 2.81. The Labute approximate surface area is 166 Å². The first kappa shape index (κ1) is 21.3. The van der Waals surface area contributed by atoms with Crippen LogP contribution in [0.4, 0.5) is 0 Å². The topological polar surface area (TPSA) is 65.1 Å². The molecule has 0 spiro atoms. The molecular formula is C22H27NO5. The van der Waals surface area contributed by atoms with E-state index in [1.807, 2.05) is 51.1 Å². The third-order valence-electron chi connectivity index (χ3n) is 4.24. The molecule has 0 radical (unpaired) electrons. The Kier molecular flexibility index (Phi) is 7.04. The maximum Gasteiger partial charge on any atom is 0.341 e. The third kappa shape index (κ3) is 5.49. The molecule has 0 aliphatic heterocycles. The number of methoxy groups -OCH3 is 2. The SMILES string of the molecule is COC(=O)c1ccc(OC)cc1OCC(=O)N(Cc1ccccc1)C(C)(C)C. The first-order valence-corrected chi connectivity index (χ1v) is 9.00. The second kappa shape index (κ2) is 9.26. The summed E-state index contributed by atoms with van der Waals surface area (Å²) in [5.41, 5.74) is 0.874. The molecule has 2 rings (SSSR count). The number of hydrogen-bond donors (Lipinski definition) is 0. The molecule has 6 heteroatoms. The van der Waals surface area contributed by atoms with Gasteiger partial charge in [-0.2, -0.15) is 0 Å². The number of esters is 1. The van der Waals surface area contributed by atoms with Crippen LogP contribution in [0.15, 0.2) is 48.5 Å². The Morgan fingerprint density at radius 2 is 1.68 bits per heavy atom. The highest BCUT2D eigenvalue weighted by molar-refractivity contribution is 5.93. The Bertz CT molecular complexity index is 811. The van der Waals surface area contributed by atoms with Gasteiger partial charge in [-0.3, -0.25) is 4.79 Å². The maximum absolute atomic E-state index is 12.9. The number of hydrogen-bond acceptors (Lipinski definition) is 5. The molecule has 0 aromatic heterocycles. The van der Waals surface area contributed by atoms with Crippen LogP contribution in [0, 0.1) is 0 Å². The van der Waals surface area contributed by atoms with Gasteiger partial charge >= 0.3 is 5.97 Å². The first-order valence-electron chi connectivity index (χ1n) is 9.00. The number of carbonyl (C=O) groups is 2. The minimum Gasteiger partial charge on any atom is -0.497 e. The lowest BCUT2D eigenvalue weighted by atomic mass is 10.0. The van der Waals surface area contributed by atoms with Crippen molar-refractivity contribution >= 4 is 11.9 Å². The number of ether oxygens (including phenoxy) is 3. The Balaban J connectivity index is 2.19. The van der Waals surface area contributed by atoms with Gasteiger partial charge in [0, 0.05) is 18.2 Å². The fraction of sp³-hybridized carbons (Fsp3) is 0.364. The average Bonchev–Trinajstić information content (AvgIpc) is 2.69. The predicted octanol–water partition coefficient (Wildman–Crippen LogP) is 3.69. The van der Waals surface area contributed by atoms with Crippen LogP contribution >= 0.6 is 0 Å². The van der Waals surface area contributed by atoms with Crippen LogP contribution in [0.25, 0.3) is 0 Å². The number of rotatable bonds is 7. The summed E-state index contributed by atoms with van der Waals surface area (Å²) in [4.78, 5) is 26.7. The lowest BCUT2D eigenvalue weighted by Gasteiger charge is -2.36. The van der Waals surface area contributed by atoms with Crippen LogP contribution < -0.4 is 9.47 Å². The minimum atomic E-state index is -0.540. The lowest BCUT2D eigenvalue weighted by molar-refractivity contribution is -0.139. The monoisotopic (exact) mass is 385 g/mol. The average molecular weight is 385 g/mol. The lowest BCUT2D eigenvalue weighted by Crippen LogP contribution is -2.47. The number of benzene rings is 2. The first-order chi connectivity index (χ1) is 13.3. The standard InChI is InChI=1S/C22H27NO5/c1-22(2,3)23(14-16-9-7-6-8-10-16)20(24)15-28-19-13-17(26-4)11-12-18(19)21(25)27-5/h6-13H,14-15H2,1-5H3. The van der Waals surface area contributed by atoms with Gasteiger partial charge in [-0.1, -0.05) is 30.3 Å². The van der Waals surface area contributed by atoms with Crippen LogP contribution in [0.2, 0.25) is 0 Å². The molecule has 28 heavy (non-hydrogen) atoms. The molecular weight excluding hydrogens is 358 g/mol. The fourth-order valence-corrected chi connectivity index (χ4v) is 2.71. The van der Waals surface area contributed by atoms with E-state index in [9.17, 15) is 9.59 Å². The molecule has 0 unspecified atom stereocenters. The Hall–Kier alpha value is -3.02. The van der Waals surface area contributed by atoms with Crippen LogP contribution in [0.1, 0.15) is 36.7 Å². The molecule has 2 aromatic rings. The van der Waals surface area contributed by atoms with E-state index in [0.29, 0.717) is 12.3 Å². The van der Waals surface area contributed by atoms with Crippen molar-refractivity contribution in [2.75, 3.05) is 20.8 Å². The van der Waals surface area contributed by atoms with E-state index in [4.69, 9.17) is 14.2 Å². The van der Waals surface area contributed by atoms with E-state index < -0.39 is 11.5 Å². The number of carbonyl (C=O) groups excluding carboxylic acids is 2. The predicted molar refractivity (Wildman–Crippen MR) is 107 cm³/mol. The van der Waals surface area contributed by atoms with Crippen LogP contribution in [-0.4, -0.2) is 43.1 Å². The largest absolute Gasteiger partial charge is 0.497 e. The third-order valence-corrected chi connectivity index (χ3v) is 4.24. The summed E-state index contributed by atoms with van der Waals surface area (Å²) in [5, 5.41) is 0. The van der Waals surface area contributed by atoms with E-state index in [-0.39, 0.29) is 23.8 Å². The van der Waals surface area contributed by atoms with E-state index in [1.54, 1.807) is 23.1 Å². The molecule has 0 aliphatic rings. The molecule has 0 bridgehead atoms. The zero-order chi connectivity index (χ0) is 20.7. The Morgan fingerprint density at radius 3 is 2.25 bits per heavy atom. The second-order valence-electron chi connectivity index (χ2n) is 7.28. The summed E-state index contributed by atoms with van der Waals surface area (Å²) in [6.45, 7) is 6.17. The summed E-state index contributed by atoms with van der Waals surface area (Å²) in [6.07, 6.45) is 0. The second-order valence-corrected chi connectivity index (χ2v) is 7.28. The van der Waals surface area contributed by atoms with Crippen molar-refractivity contribution in [3.05, 3.63) is 59.7 Å². The van der Waals surface area contributed by atoms with Gasteiger partial charge in [-0.15, -0.1) is 0 Å². The zero-order valence-electron chi connectivity index (χ0n) is 17.0. The molecule has 2 aromatic carbocycles. The maximum atomic E-state index is 12.9. The summed E-state index contributed by atoms with van der Waals surface area (Å²) < 4.78 is 15.7. The van der Waals surface area contributed by atoms with Gasteiger partial charge in [0.25, 0.3) is 5.91 Å². The zero-order valence-corrected chi connectivity index (χ0v) is 17.0. The summed E-state index contributed by atoms with van der Waals surface area (Å²) in [6, 6.07) is 14.5. The van der Waals surface area contributed by atoms with Crippen molar-refractivity contribution in [3.63, 3.8) is 0 Å². The molecule has 0 heterocycles. The minimum absolute atomic E-state index is 0.185. The summed E-state index contributed by atoms with van der Waals surface area (Å²) >= 11 is 0. The van der Waals surface area contributed by atoms with Gasteiger partial charge in [0.2, 0.25) is 0 Å². The molecule has 0 saturated heterocycles. The number of amides is 1. The molecule has 0 atom stereocenters. The highest BCUT2D eigenvalue weighted by atomic mass is 16.5. The summed E-state index contributed by atoms with van der Waals surface area (Å²) in [5.74, 6) is 0.0391. The fourth-order valence-electron chi connectivity index (χ4n) is 2.71. The van der Waals surface area contributed by atoms with E-state index in [1.165, 1.54) is 14.2 Å². The van der Waals surface area contributed by atoms with Crippen molar-refractivity contribution in [2.45, 2.75) is 32.9 Å². The molecule has 0 saturated carbocycles. The highest BCUT2D eigenvalue weighted by Gasteiger charge is 2.27. The molecule has 6 nitrogen and oxygen atoms in total. The van der Waals surface area contributed by atoms with Crippen molar-refractivity contribution < 1.29 is 23.8 Å². The van der Waals surface area contributed by atoms with E-state index >= 15 is 0 Å². The molecule has 0 fully saturated rings. The van der Waals surface area contributed by atoms with Gasteiger partial charge in [0.05, 0.1) is 14.2 Å². The van der Waals surface area contributed by atoms with Crippen molar-refractivity contribution in [1.29, 1.82) is 0 Å². The van der Waals surface area contributed by atoms with Gasteiger partial charge in [0.15, 0.2) is 6.61 Å². The van der Waals surface area contributed by atoms with Crippen LogP contribution in [0.3, 0.4) is 0 Å². The van der Waals surface area contributed by atoms with Crippen molar-refractivity contribution in [2.24, 2.45) is 0 Å². The van der Waals surface area contributed by atoms with Gasteiger partial charge < -0.3 is 19.1 Å². The number of nitrogens with zero attached hydrogens (tertiary/aromatic N) is 1. The van der Waals surface area contributed by atoms with Gasteiger partial charge in [-0.25, -0.2) is 4.79 Å². The van der Waals surface area contributed by atoms with Crippen molar-refractivity contribution in [1.82, 2.24) is 4.90 Å². The Morgan fingerprint density at radius 1 is 1.00 bits per heavy atom. The molecule has 0 N–H and O–H groups in total. The normalized spacial score (nSPS) is 10.9. The van der Waals surface area contributed by atoms with Gasteiger partial charge in [-0.05, 0) is 38.5 Å². The molecule has 0 aliphatic carbocycles. The van der Waals surface area contributed by atoms with E-state index in [2.05, 4.69) is 0 Å². The van der Waals surface area contributed by atoms with Crippen LogP contribution in [0.5, 0.6) is 11.5 Å². The quantitative estimate of drug-likeness (QED) is 0.680. The molecule has 150 valence electrons. The van der Waals surface area contributed by atoms with Crippen molar-refractivity contribution in [3.8, 4) is 11.5 Å². The molecule has 1 amide bonds. The highest BCUT2D eigenvalue weighted by Crippen LogP contribution is 2.26. The van der Waals surface area contributed by atoms with Crippen LogP contribution in [-0.2, 0) is 16.1 Å². The van der Waals surface area contributed by atoms with E-state index in [0.717, 1.165) is 5.56 Å². The van der Waals surface area contributed by atoms with Gasteiger partial charge in [0.1, 0.15) is 17.1 Å². The smallest absolute Gasteiger partial charge is 0.341 e.